The standard InChI is InChI=1S/C15H18N4O/c16-13-5-4-10-8-18(9-12(10)13)15(20)11-7-17-19-6-2-1-3-14(11)19/h1-3,6-7,10,12-13H,4-5,8-9,16H2. The Hall–Kier alpha value is -1.88. The quantitative estimate of drug-likeness (QED) is 0.845. The Bertz CT molecular complexity index is 665. The number of nitrogens with two attached hydrogens (primary N) is 1. The number of likely N-dealkylation sites (tertiary alicyclic amines) is 1. The van der Waals surface area contributed by atoms with E-state index in [0.717, 1.165) is 31.4 Å². The Labute approximate surface area is 117 Å². The van der Waals surface area contributed by atoms with Crippen LogP contribution in [0.4, 0.5) is 0 Å². The highest BCUT2D eigenvalue weighted by molar-refractivity contribution is 6.00. The van der Waals surface area contributed by atoms with Crippen LogP contribution in [-0.2, 0) is 0 Å². The van der Waals surface area contributed by atoms with Crippen molar-refractivity contribution in [3.05, 3.63) is 36.2 Å². The van der Waals surface area contributed by atoms with Gasteiger partial charge in [0.2, 0.25) is 0 Å². The maximum absolute atomic E-state index is 12.7. The van der Waals surface area contributed by atoms with Crippen molar-refractivity contribution in [2.24, 2.45) is 17.6 Å². The molecule has 2 aliphatic rings. The summed E-state index contributed by atoms with van der Waals surface area (Å²) in [5, 5.41) is 4.24. The maximum Gasteiger partial charge on any atom is 0.257 e. The molecule has 20 heavy (non-hydrogen) atoms. The molecule has 0 radical (unpaired) electrons. The molecule has 3 heterocycles. The van der Waals surface area contributed by atoms with Crippen molar-refractivity contribution in [2.45, 2.75) is 18.9 Å². The van der Waals surface area contributed by atoms with Crippen molar-refractivity contribution in [2.75, 3.05) is 13.1 Å². The molecular weight excluding hydrogens is 252 g/mol. The molecular formula is C15H18N4O. The zero-order valence-electron chi connectivity index (χ0n) is 11.3. The van der Waals surface area contributed by atoms with Crippen molar-refractivity contribution in [3.63, 3.8) is 0 Å². The van der Waals surface area contributed by atoms with E-state index in [1.807, 2.05) is 29.3 Å². The van der Waals surface area contributed by atoms with Crippen LogP contribution in [0.5, 0.6) is 0 Å². The monoisotopic (exact) mass is 270 g/mol. The van der Waals surface area contributed by atoms with Crippen LogP contribution in [-0.4, -0.2) is 39.6 Å². The molecule has 5 nitrogen and oxygen atoms in total. The summed E-state index contributed by atoms with van der Waals surface area (Å²) in [6.07, 6.45) is 5.80. The van der Waals surface area contributed by atoms with Crippen LogP contribution < -0.4 is 5.73 Å². The van der Waals surface area contributed by atoms with Gasteiger partial charge in [-0.3, -0.25) is 4.79 Å². The van der Waals surface area contributed by atoms with E-state index in [-0.39, 0.29) is 11.9 Å². The average molecular weight is 270 g/mol. The Kier molecular flexibility index (Phi) is 2.57. The summed E-state index contributed by atoms with van der Waals surface area (Å²) in [4.78, 5) is 14.6. The predicted molar refractivity (Wildman–Crippen MR) is 75.3 cm³/mol. The molecule has 1 saturated heterocycles. The van der Waals surface area contributed by atoms with Crippen molar-refractivity contribution in [3.8, 4) is 0 Å². The van der Waals surface area contributed by atoms with Crippen molar-refractivity contribution in [1.29, 1.82) is 0 Å². The minimum atomic E-state index is 0.0906. The van der Waals surface area contributed by atoms with Crippen LogP contribution in [0.2, 0.25) is 0 Å². The molecule has 5 heteroatoms. The molecule has 0 bridgehead atoms. The summed E-state index contributed by atoms with van der Waals surface area (Å²) in [5.74, 6) is 1.17. The fourth-order valence-electron chi connectivity index (χ4n) is 3.74. The van der Waals surface area contributed by atoms with Gasteiger partial charge in [0, 0.05) is 25.3 Å². The first-order chi connectivity index (χ1) is 9.74. The number of pyridine rings is 1. The normalized spacial score (nSPS) is 29.1. The van der Waals surface area contributed by atoms with Gasteiger partial charge in [0.1, 0.15) is 0 Å². The number of amides is 1. The molecule has 2 N–H and O–H groups in total. The lowest BCUT2D eigenvalue weighted by Crippen LogP contribution is -2.33. The third kappa shape index (κ3) is 1.66. The lowest BCUT2D eigenvalue weighted by molar-refractivity contribution is 0.0781. The van der Waals surface area contributed by atoms with E-state index in [1.54, 1.807) is 10.7 Å². The minimum Gasteiger partial charge on any atom is -0.338 e. The molecule has 0 aromatic carbocycles. The van der Waals surface area contributed by atoms with Crippen LogP contribution in [0.15, 0.2) is 30.6 Å². The van der Waals surface area contributed by atoms with Crippen molar-refractivity contribution >= 4 is 11.4 Å². The van der Waals surface area contributed by atoms with Crippen LogP contribution in [0.3, 0.4) is 0 Å². The van der Waals surface area contributed by atoms with Crippen LogP contribution >= 0.6 is 0 Å². The third-order valence-corrected chi connectivity index (χ3v) is 4.86. The summed E-state index contributed by atoms with van der Waals surface area (Å²) < 4.78 is 1.75. The lowest BCUT2D eigenvalue weighted by atomic mass is 9.98. The second-order valence-electron chi connectivity index (χ2n) is 5.96. The van der Waals surface area contributed by atoms with Gasteiger partial charge in [0.25, 0.3) is 5.91 Å². The Morgan fingerprint density at radius 2 is 2.20 bits per heavy atom. The van der Waals surface area contributed by atoms with Crippen LogP contribution in [0.25, 0.3) is 5.52 Å². The van der Waals surface area contributed by atoms with Gasteiger partial charge in [-0.2, -0.15) is 5.10 Å². The maximum atomic E-state index is 12.7. The molecule has 2 fully saturated rings. The molecule has 104 valence electrons. The fraction of sp³-hybridized carbons (Fsp3) is 0.467. The Balaban J connectivity index is 1.62. The van der Waals surface area contributed by atoms with E-state index >= 15 is 0 Å². The van der Waals surface area contributed by atoms with Crippen molar-refractivity contribution in [1.82, 2.24) is 14.5 Å². The molecule has 1 saturated carbocycles. The summed E-state index contributed by atoms with van der Waals surface area (Å²) in [6, 6.07) is 6.04. The first-order valence-corrected chi connectivity index (χ1v) is 7.21. The van der Waals surface area contributed by atoms with Crippen LogP contribution in [0, 0.1) is 11.8 Å². The molecule has 0 spiro atoms. The minimum absolute atomic E-state index is 0.0906. The summed E-state index contributed by atoms with van der Waals surface area (Å²) in [5.41, 5.74) is 7.70. The summed E-state index contributed by atoms with van der Waals surface area (Å²) >= 11 is 0. The van der Waals surface area contributed by atoms with Gasteiger partial charge in [0.05, 0.1) is 17.3 Å². The molecule has 4 rings (SSSR count). The van der Waals surface area contributed by atoms with Crippen molar-refractivity contribution < 1.29 is 4.79 Å². The largest absolute Gasteiger partial charge is 0.338 e. The van der Waals surface area contributed by atoms with E-state index in [2.05, 4.69) is 5.10 Å². The topological polar surface area (TPSA) is 63.6 Å². The Morgan fingerprint density at radius 1 is 1.30 bits per heavy atom. The van der Waals surface area contributed by atoms with E-state index in [0.29, 0.717) is 17.4 Å². The molecule has 3 atom stereocenters. The predicted octanol–water partition coefficient (Wildman–Crippen LogP) is 1.14. The highest BCUT2D eigenvalue weighted by Crippen LogP contribution is 2.37. The Morgan fingerprint density at radius 3 is 3.05 bits per heavy atom. The fourth-order valence-corrected chi connectivity index (χ4v) is 3.74. The number of fused-ring (bicyclic) bond motifs is 2. The highest BCUT2D eigenvalue weighted by atomic mass is 16.2. The highest BCUT2D eigenvalue weighted by Gasteiger charge is 2.42. The summed E-state index contributed by atoms with van der Waals surface area (Å²) in [7, 11) is 0. The number of carbonyl (C=O) groups excluding carboxylic acids is 1. The van der Waals surface area contributed by atoms with Gasteiger partial charge in [-0.05, 0) is 36.8 Å². The SMILES string of the molecule is NC1CCC2CN(C(=O)c3cnn4ccccc34)CC12. The molecule has 1 aliphatic heterocycles. The number of nitrogens with zero attached hydrogens (tertiary/aromatic N) is 3. The van der Waals surface area contributed by atoms with Gasteiger partial charge in [-0.15, -0.1) is 0 Å². The number of hydrogen-bond acceptors (Lipinski definition) is 3. The molecule has 3 unspecified atom stereocenters. The molecule has 2 aromatic rings. The zero-order valence-corrected chi connectivity index (χ0v) is 11.3. The second-order valence-corrected chi connectivity index (χ2v) is 5.96. The van der Waals surface area contributed by atoms with Gasteiger partial charge in [-0.1, -0.05) is 6.07 Å². The number of aromatic nitrogens is 2. The number of carbonyl (C=O) groups is 1. The first kappa shape index (κ1) is 11.9. The number of rotatable bonds is 1. The number of hydrogen-bond donors (Lipinski definition) is 1. The third-order valence-electron chi connectivity index (χ3n) is 4.86. The van der Waals surface area contributed by atoms with E-state index in [9.17, 15) is 4.79 Å². The zero-order chi connectivity index (χ0) is 13.7. The smallest absolute Gasteiger partial charge is 0.257 e. The van der Waals surface area contributed by atoms with E-state index < -0.39 is 0 Å². The van der Waals surface area contributed by atoms with Gasteiger partial charge in [0.15, 0.2) is 0 Å². The molecule has 1 amide bonds. The lowest BCUT2D eigenvalue weighted by Gasteiger charge is -2.18. The van der Waals surface area contributed by atoms with Crippen LogP contribution in [0.1, 0.15) is 23.2 Å². The van der Waals surface area contributed by atoms with E-state index in [1.165, 1.54) is 0 Å². The van der Waals surface area contributed by atoms with Gasteiger partial charge < -0.3 is 10.6 Å². The first-order valence-electron chi connectivity index (χ1n) is 7.21. The van der Waals surface area contributed by atoms with E-state index in [4.69, 9.17) is 5.73 Å². The molecule has 1 aliphatic carbocycles. The average Bonchev–Trinajstić information content (AvgIpc) is 3.14. The summed E-state index contributed by atoms with van der Waals surface area (Å²) in [6.45, 7) is 1.65. The molecule has 2 aromatic heterocycles. The second kappa shape index (κ2) is 4.31. The van der Waals surface area contributed by atoms with Gasteiger partial charge >= 0.3 is 0 Å². The van der Waals surface area contributed by atoms with Gasteiger partial charge in [-0.25, -0.2) is 4.52 Å².